The molecule has 0 fully saturated rings. The van der Waals surface area contributed by atoms with Crippen LogP contribution in [0.3, 0.4) is 0 Å². The maximum absolute atomic E-state index is 11.8. The van der Waals surface area contributed by atoms with Gasteiger partial charge in [-0.1, -0.05) is 0 Å². The van der Waals surface area contributed by atoms with Crippen molar-refractivity contribution in [3.05, 3.63) is 21.3 Å². The molecule has 0 saturated heterocycles. The summed E-state index contributed by atoms with van der Waals surface area (Å²) in [4.78, 5) is 15.7. The Morgan fingerprint density at radius 1 is 1.38 bits per heavy atom. The second-order valence-electron chi connectivity index (χ2n) is 4.29. The standard InChI is InChI=1S/C8H13N3O3S2/c1-8(2,3)11-16(13,14)5-4-9-7(15)10-6(5)12/h4,11H,1-3H3,(H2,9,10,12,15). The highest BCUT2D eigenvalue weighted by molar-refractivity contribution is 7.89. The molecule has 8 heteroatoms. The number of rotatable bonds is 2. The topological polar surface area (TPSA) is 94.8 Å². The van der Waals surface area contributed by atoms with E-state index >= 15 is 0 Å². The molecule has 0 aliphatic heterocycles. The fourth-order valence-corrected chi connectivity index (χ4v) is 2.63. The summed E-state index contributed by atoms with van der Waals surface area (Å²) in [5, 5.41) is 0. The van der Waals surface area contributed by atoms with E-state index in [0.717, 1.165) is 6.20 Å². The van der Waals surface area contributed by atoms with E-state index in [2.05, 4.69) is 26.9 Å². The van der Waals surface area contributed by atoms with Gasteiger partial charge in [-0.3, -0.25) is 9.78 Å². The molecule has 3 N–H and O–H groups in total. The van der Waals surface area contributed by atoms with Gasteiger partial charge < -0.3 is 4.98 Å². The second kappa shape index (κ2) is 4.11. The average molecular weight is 263 g/mol. The van der Waals surface area contributed by atoms with E-state index in [-0.39, 0.29) is 9.67 Å². The lowest BCUT2D eigenvalue weighted by molar-refractivity contribution is 0.490. The summed E-state index contributed by atoms with van der Waals surface area (Å²) in [7, 11) is -3.84. The number of hydrogen-bond acceptors (Lipinski definition) is 4. The average Bonchev–Trinajstić information content (AvgIpc) is 1.97. The minimum atomic E-state index is -3.84. The van der Waals surface area contributed by atoms with Crippen LogP contribution >= 0.6 is 12.2 Å². The number of sulfonamides is 1. The third-order valence-electron chi connectivity index (χ3n) is 1.52. The van der Waals surface area contributed by atoms with Crippen molar-refractivity contribution >= 4 is 22.2 Å². The van der Waals surface area contributed by atoms with Crippen LogP contribution in [0, 0.1) is 4.77 Å². The summed E-state index contributed by atoms with van der Waals surface area (Å²) in [5.74, 6) is 0. The lowest BCUT2D eigenvalue weighted by atomic mass is 10.1. The number of aromatic amines is 2. The molecule has 0 atom stereocenters. The first-order valence-corrected chi connectivity index (χ1v) is 6.37. The Hall–Kier alpha value is -0.990. The molecule has 0 aliphatic rings. The van der Waals surface area contributed by atoms with Gasteiger partial charge in [0.1, 0.15) is 0 Å². The first kappa shape index (κ1) is 13.1. The molecule has 0 aromatic carbocycles. The van der Waals surface area contributed by atoms with Crippen molar-refractivity contribution in [2.75, 3.05) is 0 Å². The summed E-state index contributed by atoms with van der Waals surface area (Å²) in [6.45, 7) is 5.05. The van der Waals surface area contributed by atoms with E-state index in [9.17, 15) is 13.2 Å². The summed E-state index contributed by atoms with van der Waals surface area (Å²) < 4.78 is 26.0. The third kappa shape index (κ3) is 3.26. The fourth-order valence-electron chi connectivity index (χ4n) is 1.06. The van der Waals surface area contributed by atoms with Crippen molar-refractivity contribution in [1.29, 1.82) is 0 Å². The van der Waals surface area contributed by atoms with E-state index in [1.807, 2.05) is 0 Å². The maximum Gasteiger partial charge on any atom is 0.271 e. The third-order valence-corrected chi connectivity index (χ3v) is 3.50. The molecule has 1 rings (SSSR count). The normalized spacial score (nSPS) is 12.7. The van der Waals surface area contributed by atoms with Crippen LogP contribution in [-0.2, 0) is 10.0 Å². The Kier molecular flexibility index (Phi) is 3.36. The van der Waals surface area contributed by atoms with Gasteiger partial charge in [0.15, 0.2) is 9.67 Å². The Balaban J connectivity index is 3.29. The predicted molar refractivity (Wildman–Crippen MR) is 62.3 cm³/mol. The lowest BCUT2D eigenvalue weighted by Gasteiger charge is -2.19. The van der Waals surface area contributed by atoms with Crippen LogP contribution in [0.15, 0.2) is 15.9 Å². The Morgan fingerprint density at radius 3 is 2.38 bits per heavy atom. The van der Waals surface area contributed by atoms with Crippen molar-refractivity contribution in [1.82, 2.24) is 14.7 Å². The zero-order valence-corrected chi connectivity index (χ0v) is 10.8. The van der Waals surface area contributed by atoms with Gasteiger partial charge in [-0.05, 0) is 33.0 Å². The molecule has 1 aromatic heterocycles. The van der Waals surface area contributed by atoms with E-state index in [1.165, 1.54) is 0 Å². The van der Waals surface area contributed by atoms with Gasteiger partial charge in [0.2, 0.25) is 10.0 Å². The lowest BCUT2D eigenvalue weighted by Crippen LogP contribution is -2.42. The Morgan fingerprint density at radius 2 is 1.94 bits per heavy atom. The number of aromatic nitrogens is 2. The molecular formula is C8H13N3O3S2. The van der Waals surface area contributed by atoms with Gasteiger partial charge in [-0.15, -0.1) is 0 Å². The molecule has 16 heavy (non-hydrogen) atoms. The SMILES string of the molecule is CC(C)(C)NS(=O)(=O)c1c[nH]c(=S)[nH]c1=O. The van der Waals surface area contributed by atoms with Crippen molar-refractivity contribution in [3.63, 3.8) is 0 Å². The number of H-pyrrole nitrogens is 2. The summed E-state index contributed by atoms with van der Waals surface area (Å²) in [6.07, 6.45) is 1.08. The molecule has 0 saturated carbocycles. The molecule has 6 nitrogen and oxygen atoms in total. The first-order chi connectivity index (χ1) is 7.12. The molecule has 0 unspecified atom stereocenters. The first-order valence-electron chi connectivity index (χ1n) is 4.48. The zero-order chi connectivity index (χ0) is 12.6. The summed E-state index contributed by atoms with van der Waals surface area (Å²) >= 11 is 4.67. The molecule has 90 valence electrons. The highest BCUT2D eigenvalue weighted by Crippen LogP contribution is 2.07. The van der Waals surface area contributed by atoms with Crippen LogP contribution in [0.2, 0.25) is 0 Å². The van der Waals surface area contributed by atoms with Crippen LogP contribution < -0.4 is 10.3 Å². The van der Waals surface area contributed by atoms with E-state index in [0.29, 0.717) is 0 Å². The Bertz CT molecular complexity index is 592. The van der Waals surface area contributed by atoms with E-state index in [4.69, 9.17) is 0 Å². The van der Waals surface area contributed by atoms with Crippen molar-refractivity contribution in [3.8, 4) is 0 Å². The van der Waals surface area contributed by atoms with Gasteiger partial charge in [0.25, 0.3) is 5.56 Å². The quantitative estimate of drug-likeness (QED) is 0.677. The second-order valence-corrected chi connectivity index (χ2v) is 6.35. The molecule has 1 heterocycles. The van der Waals surface area contributed by atoms with E-state index in [1.54, 1.807) is 20.8 Å². The molecule has 0 radical (unpaired) electrons. The molecule has 0 bridgehead atoms. The van der Waals surface area contributed by atoms with Gasteiger partial charge in [0, 0.05) is 11.7 Å². The van der Waals surface area contributed by atoms with Crippen LogP contribution in [-0.4, -0.2) is 23.9 Å². The molecule has 0 aliphatic carbocycles. The van der Waals surface area contributed by atoms with Gasteiger partial charge in [-0.25, -0.2) is 13.1 Å². The minimum absolute atomic E-state index is 0.0831. The molecular weight excluding hydrogens is 250 g/mol. The van der Waals surface area contributed by atoms with Crippen LogP contribution in [0.1, 0.15) is 20.8 Å². The summed E-state index contributed by atoms with van der Waals surface area (Å²) in [6, 6.07) is 0. The van der Waals surface area contributed by atoms with Crippen molar-refractivity contribution in [2.45, 2.75) is 31.2 Å². The smallest absolute Gasteiger partial charge is 0.271 e. The monoisotopic (exact) mass is 263 g/mol. The van der Waals surface area contributed by atoms with E-state index < -0.39 is 21.1 Å². The fraction of sp³-hybridized carbons (Fsp3) is 0.500. The largest absolute Gasteiger partial charge is 0.337 e. The van der Waals surface area contributed by atoms with Crippen molar-refractivity contribution in [2.24, 2.45) is 0 Å². The Labute approximate surface area is 98.2 Å². The molecule has 1 aromatic rings. The van der Waals surface area contributed by atoms with Crippen molar-refractivity contribution < 1.29 is 8.42 Å². The maximum atomic E-state index is 11.8. The van der Waals surface area contributed by atoms with Gasteiger partial charge in [-0.2, -0.15) is 0 Å². The van der Waals surface area contributed by atoms with Crippen LogP contribution in [0.4, 0.5) is 0 Å². The summed E-state index contributed by atoms with van der Waals surface area (Å²) in [5.41, 5.74) is -1.39. The minimum Gasteiger partial charge on any atom is -0.337 e. The van der Waals surface area contributed by atoms with Crippen LogP contribution in [0.5, 0.6) is 0 Å². The molecule has 0 spiro atoms. The number of nitrogens with one attached hydrogen (secondary N) is 3. The van der Waals surface area contributed by atoms with Gasteiger partial charge >= 0.3 is 0 Å². The number of hydrogen-bond donors (Lipinski definition) is 3. The molecule has 0 amide bonds. The highest BCUT2D eigenvalue weighted by Gasteiger charge is 2.24. The van der Waals surface area contributed by atoms with Crippen LogP contribution in [0.25, 0.3) is 0 Å². The van der Waals surface area contributed by atoms with Gasteiger partial charge in [0.05, 0.1) is 0 Å². The highest BCUT2D eigenvalue weighted by atomic mass is 32.2. The zero-order valence-electron chi connectivity index (χ0n) is 9.12. The predicted octanol–water partition coefficient (Wildman–Crippen LogP) is 0.509.